The van der Waals surface area contributed by atoms with Crippen molar-refractivity contribution in [3.8, 4) is 0 Å². The van der Waals surface area contributed by atoms with Crippen LogP contribution < -0.4 is 26.6 Å². The highest BCUT2D eigenvalue weighted by atomic mass is 16.1. The fourth-order valence-electron chi connectivity index (χ4n) is 1.79. The van der Waals surface area contributed by atoms with Gasteiger partial charge < -0.3 is 4.98 Å². The van der Waals surface area contributed by atoms with Crippen LogP contribution in [0.15, 0.2) is 30.1 Å². The molecule has 0 fully saturated rings. The lowest BCUT2D eigenvalue weighted by atomic mass is 10.2. The molecule has 0 radical (unpaired) electrons. The fraction of sp³-hybridized carbons (Fsp3) is 0.133. The molecule has 0 aliphatic carbocycles. The van der Waals surface area contributed by atoms with Crippen LogP contribution in [0.2, 0.25) is 0 Å². The van der Waals surface area contributed by atoms with E-state index in [2.05, 4.69) is 18.1 Å². The van der Waals surface area contributed by atoms with E-state index in [1.54, 1.807) is 18.2 Å². The van der Waals surface area contributed by atoms with E-state index in [0.29, 0.717) is 5.22 Å². The van der Waals surface area contributed by atoms with Gasteiger partial charge in [-0.3, -0.25) is 4.79 Å². The van der Waals surface area contributed by atoms with E-state index < -0.39 is 0 Å². The van der Waals surface area contributed by atoms with E-state index in [4.69, 9.17) is 0 Å². The standard InChI is InChI=1S/C15H17NO/c1-5-9-12-11(7-3)13(10-6-2)15(17)16-14(12)8-4/h5-10H,1-2H2,3-4H3,(H,16,17)/b11-7-,12-9-,13-10+,14-8+. The lowest BCUT2D eigenvalue weighted by Gasteiger charge is -1.94. The van der Waals surface area contributed by atoms with Crippen LogP contribution in [0.4, 0.5) is 0 Å². The van der Waals surface area contributed by atoms with Gasteiger partial charge in [-0.05, 0) is 25.1 Å². The molecule has 0 unspecified atom stereocenters. The Morgan fingerprint density at radius 2 is 1.53 bits per heavy atom. The zero-order valence-electron chi connectivity index (χ0n) is 10.3. The Bertz CT molecular complexity index is 718. The molecule has 1 heterocycles. The summed E-state index contributed by atoms with van der Waals surface area (Å²) in [6.45, 7) is 11.1. The smallest absolute Gasteiger partial charge is 0.256 e. The molecule has 0 bridgehead atoms. The number of rotatable bonds is 2. The topological polar surface area (TPSA) is 32.9 Å². The third-order valence-corrected chi connectivity index (χ3v) is 2.51. The summed E-state index contributed by atoms with van der Waals surface area (Å²) in [7, 11) is 0. The molecule has 88 valence electrons. The molecule has 0 aliphatic heterocycles. The van der Waals surface area contributed by atoms with Gasteiger partial charge in [0.2, 0.25) is 0 Å². The molecule has 0 aromatic carbocycles. The summed E-state index contributed by atoms with van der Waals surface area (Å²) in [5.41, 5.74) is -0.104. The van der Waals surface area contributed by atoms with Gasteiger partial charge in [0.25, 0.3) is 5.56 Å². The summed E-state index contributed by atoms with van der Waals surface area (Å²) in [6, 6.07) is 0. The number of allylic oxidation sites excluding steroid dienone is 2. The first-order valence-electron chi connectivity index (χ1n) is 5.50. The quantitative estimate of drug-likeness (QED) is 0.752. The van der Waals surface area contributed by atoms with E-state index in [-0.39, 0.29) is 5.56 Å². The van der Waals surface area contributed by atoms with E-state index in [1.165, 1.54) is 0 Å². The number of hydrogen-bond donors (Lipinski definition) is 1. The SMILES string of the molecule is C=C/C=c1/c(=C/C)/c(=C\C=C)c(=O)[nH]/c1=C/C. The van der Waals surface area contributed by atoms with Crippen molar-refractivity contribution in [1.82, 2.24) is 4.98 Å². The number of pyridine rings is 1. The number of aromatic nitrogens is 1. The van der Waals surface area contributed by atoms with Crippen molar-refractivity contribution in [3.05, 3.63) is 56.7 Å². The van der Waals surface area contributed by atoms with E-state index in [1.807, 2.05) is 32.1 Å². The number of hydrogen-bond acceptors (Lipinski definition) is 1. The predicted molar refractivity (Wildman–Crippen MR) is 75.2 cm³/mol. The van der Waals surface area contributed by atoms with Crippen LogP contribution in [0.3, 0.4) is 0 Å². The molecule has 0 aliphatic rings. The second-order valence-electron chi connectivity index (χ2n) is 3.49. The van der Waals surface area contributed by atoms with Gasteiger partial charge in [-0.25, -0.2) is 0 Å². The van der Waals surface area contributed by atoms with Gasteiger partial charge in [0.15, 0.2) is 0 Å². The summed E-state index contributed by atoms with van der Waals surface area (Å²) >= 11 is 0. The predicted octanol–water partition coefficient (Wildman–Crippen LogP) is -0.0913. The van der Waals surface area contributed by atoms with Crippen molar-refractivity contribution in [2.45, 2.75) is 13.8 Å². The minimum atomic E-state index is -0.104. The first-order valence-corrected chi connectivity index (χ1v) is 5.50. The normalized spacial score (nSPS) is 15.4. The van der Waals surface area contributed by atoms with Crippen LogP contribution in [0.5, 0.6) is 0 Å². The second kappa shape index (κ2) is 5.85. The fourth-order valence-corrected chi connectivity index (χ4v) is 1.79. The lowest BCUT2D eigenvalue weighted by Crippen LogP contribution is -2.57. The number of nitrogens with one attached hydrogen (secondary N) is 1. The largest absolute Gasteiger partial charge is 0.322 e. The van der Waals surface area contributed by atoms with Gasteiger partial charge in [0.1, 0.15) is 0 Å². The molecule has 1 rings (SSSR count). The highest BCUT2D eigenvalue weighted by Gasteiger charge is 1.95. The Hall–Kier alpha value is -2.09. The zero-order chi connectivity index (χ0) is 12.8. The molecule has 0 saturated heterocycles. The molecule has 1 aromatic heterocycles. The van der Waals surface area contributed by atoms with Crippen molar-refractivity contribution in [2.24, 2.45) is 0 Å². The Kier molecular flexibility index (Phi) is 4.46. The van der Waals surface area contributed by atoms with Crippen molar-refractivity contribution in [2.75, 3.05) is 0 Å². The maximum Gasteiger partial charge on any atom is 0.256 e. The molecule has 1 N–H and O–H groups in total. The van der Waals surface area contributed by atoms with Gasteiger partial charge in [0, 0.05) is 15.8 Å². The van der Waals surface area contributed by atoms with Crippen molar-refractivity contribution in [3.63, 3.8) is 0 Å². The van der Waals surface area contributed by atoms with Crippen molar-refractivity contribution >= 4 is 24.3 Å². The zero-order valence-corrected chi connectivity index (χ0v) is 10.3. The van der Waals surface area contributed by atoms with E-state index in [9.17, 15) is 4.79 Å². The van der Waals surface area contributed by atoms with Gasteiger partial charge >= 0.3 is 0 Å². The minimum Gasteiger partial charge on any atom is -0.322 e. The van der Waals surface area contributed by atoms with Crippen LogP contribution >= 0.6 is 0 Å². The van der Waals surface area contributed by atoms with Crippen LogP contribution in [0.25, 0.3) is 24.3 Å². The van der Waals surface area contributed by atoms with E-state index >= 15 is 0 Å². The van der Waals surface area contributed by atoms with Crippen molar-refractivity contribution in [1.29, 1.82) is 0 Å². The average Bonchev–Trinajstić information content (AvgIpc) is 2.33. The summed E-state index contributed by atoms with van der Waals surface area (Å²) < 4.78 is 0. The third kappa shape index (κ3) is 2.53. The maximum absolute atomic E-state index is 11.9. The monoisotopic (exact) mass is 227 g/mol. The first kappa shape index (κ1) is 13.0. The van der Waals surface area contributed by atoms with Gasteiger partial charge in [-0.15, -0.1) is 0 Å². The maximum atomic E-state index is 11.9. The minimum absolute atomic E-state index is 0.104. The Morgan fingerprint density at radius 3 is 2.00 bits per heavy atom. The molecule has 0 spiro atoms. The average molecular weight is 227 g/mol. The van der Waals surface area contributed by atoms with Crippen LogP contribution in [-0.2, 0) is 0 Å². The number of aromatic amines is 1. The molecule has 0 saturated carbocycles. The third-order valence-electron chi connectivity index (χ3n) is 2.51. The summed E-state index contributed by atoms with van der Waals surface area (Å²) in [4.78, 5) is 14.8. The lowest BCUT2D eigenvalue weighted by molar-refractivity contribution is 1.10. The molecule has 0 amide bonds. The summed E-state index contributed by atoms with van der Waals surface area (Å²) in [5, 5.41) is 3.31. The molecule has 17 heavy (non-hydrogen) atoms. The van der Waals surface area contributed by atoms with Crippen molar-refractivity contribution < 1.29 is 0 Å². The first-order chi connectivity index (χ1) is 8.19. The van der Waals surface area contributed by atoms with Gasteiger partial charge in [0.05, 0.1) is 0 Å². The molecule has 1 aromatic rings. The molecular formula is C15H17NO. The van der Waals surface area contributed by atoms with Crippen LogP contribution in [0.1, 0.15) is 13.8 Å². The number of H-pyrrole nitrogens is 1. The van der Waals surface area contributed by atoms with Crippen LogP contribution in [0, 0.1) is 0 Å². The highest BCUT2D eigenvalue weighted by molar-refractivity contribution is 5.43. The Balaban J connectivity index is 4.26. The van der Waals surface area contributed by atoms with E-state index in [0.717, 1.165) is 15.8 Å². The molecule has 0 atom stereocenters. The Morgan fingerprint density at radius 1 is 0.941 bits per heavy atom. The molecular weight excluding hydrogens is 210 g/mol. The molecule has 2 nitrogen and oxygen atoms in total. The molecule has 2 heteroatoms. The Labute approximate surface area is 100 Å². The second-order valence-corrected chi connectivity index (χ2v) is 3.49. The van der Waals surface area contributed by atoms with Gasteiger partial charge in [-0.1, -0.05) is 43.5 Å². The summed E-state index contributed by atoms with van der Waals surface area (Å²) in [6.07, 6.45) is 10.7. The van der Waals surface area contributed by atoms with Gasteiger partial charge in [-0.2, -0.15) is 0 Å². The van der Waals surface area contributed by atoms with Crippen LogP contribution in [-0.4, -0.2) is 4.98 Å². The highest BCUT2D eigenvalue weighted by Crippen LogP contribution is 1.63. The summed E-state index contributed by atoms with van der Waals surface area (Å²) in [5.74, 6) is 0.